The van der Waals surface area contributed by atoms with Crippen LogP contribution in [-0.2, 0) is 27.9 Å². The molecule has 1 N–H and O–H groups in total. The lowest BCUT2D eigenvalue weighted by atomic mass is 10.0. The summed E-state index contributed by atoms with van der Waals surface area (Å²) in [5.41, 5.74) is 0. The molecule has 0 saturated heterocycles. The summed E-state index contributed by atoms with van der Waals surface area (Å²) in [5, 5.41) is 2.99. The highest BCUT2D eigenvalue weighted by molar-refractivity contribution is 7.45. The van der Waals surface area contributed by atoms with Crippen LogP contribution in [0.5, 0.6) is 0 Å². The van der Waals surface area contributed by atoms with Gasteiger partial charge >= 0.3 is 5.97 Å². The van der Waals surface area contributed by atoms with Gasteiger partial charge in [0.1, 0.15) is 19.3 Å². The number of nitrogens with zero attached hydrogens (tertiary/aromatic N) is 1. The van der Waals surface area contributed by atoms with Gasteiger partial charge < -0.3 is 28.5 Å². The quantitative estimate of drug-likeness (QED) is 0.0161. The molecule has 0 aromatic carbocycles. The summed E-state index contributed by atoms with van der Waals surface area (Å²) in [6.07, 6.45) is 71.6. The SMILES string of the molecule is CC\C=C/C=C/C=C/C=C\C=C\C=C\CCCCCC(=O)NC(COP(=O)([O-])OCC[N+](C)(C)C)C(/C=C/CCCCCCCCCCCCC)OC(=O)CCCCCC/C=C\C/C=C\C/C=C\CCCCC. The number of likely N-dealkylation sites (N-methyl/N-ethyl adjacent to an activating group) is 1. The van der Waals surface area contributed by atoms with Gasteiger partial charge in [0.05, 0.1) is 33.8 Å². The maximum absolute atomic E-state index is 13.5. The number of carbonyl (C=O) groups is 2. The van der Waals surface area contributed by atoms with Crippen molar-refractivity contribution in [3.63, 3.8) is 0 Å². The third-order valence-electron chi connectivity index (χ3n) is 12.0. The molecule has 0 spiro atoms. The van der Waals surface area contributed by atoms with E-state index in [-0.39, 0.29) is 31.3 Å². The van der Waals surface area contributed by atoms with Crippen molar-refractivity contribution in [3.8, 4) is 0 Å². The van der Waals surface area contributed by atoms with Crippen molar-refractivity contribution in [2.75, 3.05) is 40.9 Å². The summed E-state index contributed by atoms with van der Waals surface area (Å²) in [6.45, 7) is 6.59. The molecule has 0 aliphatic heterocycles. The average molecular weight is 1040 g/mol. The first-order chi connectivity index (χ1) is 35.4. The van der Waals surface area contributed by atoms with Crippen molar-refractivity contribution in [2.45, 2.75) is 226 Å². The number of rotatable bonds is 50. The number of amides is 1. The molecule has 0 aliphatic rings. The van der Waals surface area contributed by atoms with Crippen LogP contribution in [0.15, 0.2) is 122 Å². The number of ether oxygens (including phenoxy) is 1. The van der Waals surface area contributed by atoms with E-state index in [0.29, 0.717) is 23.9 Å². The Balaban J connectivity index is 5.52. The molecule has 0 heterocycles. The lowest BCUT2D eigenvalue weighted by Crippen LogP contribution is -2.47. The van der Waals surface area contributed by atoms with Gasteiger partial charge in [0.2, 0.25) is 5.91 Å². The van der Waals surface area contributed by atoms with E-state index in [4.69, 9.17) is 13.8 Å². The third kappa shape index (κ3) is 53.1. The highest BCUT2D eigenvalue weighted by Crippen LogP contribution is 2.38. The molecule has 0 radical (unpaired) electrons. The summed E-state index contributed by atoms with van der Waals surface area (Å²) in [4.78, 5) is 39.9. The molecule has 0 saturated carbocycles. The molecule has 416 valence electrons. The molecule has 3 unspecified atom stereocenters. The molecule has 0 bridgehead atoms. The van der Waals surface area contributed by atoms with Crippen LogP contribution in [0.2, 0.25) is 0 Å². The van der Waals surface area contributed by atoms with Gasteiger partial charge in [0.25, 0.3) is 7.82 Å². The molecule has 0 aliphatic carbocycles. The molecular weight excluding hydrogens is 928 g/mol. The summed E-state index contributed by atoms with van der Waals surface area (Å²) in [7, 11) is 1.12. The van der Waals surface area contributed by atoms with Gasteiger partial charge in [-0.1, -0.05) is 233 Å². The minimum atomic E-state index is -4.72. The summed E-state index contributed by atoms with van der Waals surface area (Å²) in [5.74, 6) is -0.627. The van der Waals surface area contributed by atoms with Gasteiger partial charge in [-0.2, -0.15) is 0 Å². The fourth-order valence-electron chi connectivity index (χ4n) is 7.56. The maximum atomic E-state index is 13.5. The van der Waals surface area contributed by atoms with E-state index < -0.39 is 26.6 Å². The van der Waals surface area contributed by atoms with Crippen LogP contribution in [0.1, 0.15) is 213 Å². The Morgan fingerprint density at radius 1 is 0.507 bits per heavy atom. The van der Waals surface area contributed by atoms with E-state index in [0.717, 1.165) is 83.5 Å². The largest absolute Gasteiger partial charge is 0.756 e. The van der Waals surface area contributed by atoms with Crippen LogP contribution in [0.4, 0.5) is 0 Å². The fraction of sp³-hybridized carbons (Fsp3) is 0.651. The van der Waals surface area contributed by atoms with Crippen molar-refractivity contribution in [1.82, 2.24) is 5.32 Å². The summed E-state index contributed by atoms with van der Waals surface area (Å²) in [6, 6.07) is -0.929. The molecular formula is C63H107N2O7P. The van der Waals surface area contributed by atoms with Crippen LogP contribution >= 0.6 is 7.82 Å². The molecule has 0 fully saturated rings. The van der Waals surface area contributed by atoms with Crippen LogP contribution in [0.3, 0.4) is 0 Å². The normalized spacial score (nSPS) is 14.7. The number of carbonyl (C=O) groups excluding carboxylic acids is 2. The van der Waals surface area contributed by atoms with Crippen LogP contribution in [0.25, 0.3) is 0 Å². The van der Waals surface area contributed by atoms with E-state index in [2.05, 4.69) is 74.7 Å². The molecule has 1 amide bonds. The van der Waals surface area contributed by atoms with Gasteiger partial charge in [-0.15, -0.1) is 0 Å². The van der Waals surface area contributed by atoms with Crippen LogP contribution in [0, 0.1) is 0 Å². The number of unbranched alkanes of at least 4 members (excludes halogenated alkanes) is 21. The second kappa shape index (κ2) is 51.9. The first-order valence-corrected chi connectivity index (χ1v) is 30.4. The molecule has 0 rings (SSSR count). The van der Waals surface area contributed by atoms with E-state index >= 15 is 0 Å². The van der Waals surface area contributed by atoms with E-state index in [9.17, 15) is 19.0 Å². The summed E-state index contributed by atoms with van der Waals surface area (Å²) < 4.78 is 30.2. The molecule has 10 heteroatoms. The predicted octanol–water partition coefficient (Wildman–Crippen LogP) is 16.9. The Morgan fingerprint density at radius 3 is 1.48 bits per heavy atom. The third-order valence-corrected chi connectivity index (χ3v) is 13.0. The summed E-state index contributed by atoms with van der Waals surface area (Å²) >= 11 is 0. The van der Waals surface area contributed by atoms with Gasteiger partial charge in [-0.3, -0.25) is 14.2 Å². The zero-order valence-corrected chi connectivity index (χ0v) is 48.2. The Hall–Kier alpha value is -3.59. The Morgan fingerprint density at radius 2 is 0.932 bits per heavy atom. The lowest BCUT2D eigenvalue weighted by Gasteiger charge is -2.30. The van der Waals surface area contributed by atoms with Crippen molar-refractivity contribution in [3.05, 3.63) is 122 Å². The van der Waals surface area contributed by atoms with Gasteiger partial charge in [0, 0.05) is 12.8 Å². The molecule has 0 aromatic heterocycles. The minimum Gasteiger partial charge on any atom is -0.756 e. The molecule has 0 aromatic rings. The van der Waals surface area contributed by atoms with Crippen molar-refractivity contribution < 1.29 is 37.3 Å². The van der Waals surface area contributed by atoms with E-state index in [1.807, 2.05) is 88.0 Å². The molecule has 9 nitrogen and oxygen atoms in total. The standard InChI is InChI=1S/C63H107N2O7P/c1-7-10-13-16-19-22-25-28-30-32-34-37-40-43-46-49-52-55-62(66)64-60(59-71-73(68,69)70-58-57-65(4,5)6)61(54-51-48-45-42-39-36-27-24-21-18-15-12-9-3)72-63(67)56-53-50-47-44-41-38-35-33-31-29-26-23-20-17-14-11-8-2/h10,13,16,19-20,22-23,25,28-32,34-35,37-38,40,51,54,60-61H,7-9,11-12,14-15,17-18,21,24,26-27,33,36,39,41-50,52-53,55-59H2,1-6H3,(H-,64,66,68,69)/b13-10-,19-16+,23-20-,25-22+,30-28-,31-29-,34-32+,38-35-,40-37+,54-51+. The van der Waals surface area contributed by atoms with Crippen LogP contribution in [-0.4, -0.2) is 69.4 Å². The zero-order valence-electron chi connectivity index (χ0n) is 47.3. The van der Waals surface area contributed by atoms with Gasteiger partial charge in [-0.05, 0) is 89.5 Å². The predicted molar refractivity (Wildman–Crippen MR) is 311 cm³/mol. The van der Waals surface area contributed by atoms with Crippen molar-refractivity contribution in [1.29, 1.82) is 0 Å². The number of phosphoric ester groups is 1. The topological polar surface area (TPSA) is 114 Å². The second-order valence-electron chi connectivity index (χ2n) is 20.2. The monoisotopic (exact) mass is 1030 g/mol. The number of esters is 1. The highest BCUT2D eigenvalue weighted by Gasteiger charge is 2.27. The Kier molecular flexibility index (Phi) is 49.3. The number of quaternary nitrogens is 1. The Bertz CT molecular complexity index is 1660. The van der Waals surface area contributed by atoms with Gasteiger partial charge in [0.15, 0.2) is 0 Å². The Labute approximate surface area is 448 Å². The van der Waals surface area contributed by atoms with Crippen LogP contribution < -0.4 is 10.2 Å². The maximum Gasteiger partial charge on any atom is 0.306 e. The minimum absolute atomic E-state index is 0.0423. The first-order valence-electron chi connectivity index (χ1n) is 28.9. The smallest absolute Gasteiger partial charge is 0.306 e. The number of phosphoric acid groups is 1. The molecule has 3 atom stereocenters. The van der Waals surface area contributed by atoms with Crippen molar-refractivity contribution >= 4 is 19.7 Å². The zero-order chi connectivity index (χ0) is 53.6. The van der Waals surface area contributed by atoms with Gasteiger partial charge in [-0.25, -0.2) is 0 Å². The van der Waals surface area contributed by atoms with Crippen molar-refractivity contribution in [2.24, 2.45) is 0 Å². The average Bonchev–Trinajstić information content (AvgIpc) is 3.35. The van der Waals surface area contributed by atoms with E-state index in [1.165, 1.54) is 83.5 Å². The van der Waals surface area contributed by atoms with E-state index in [1.54, 1.807) is 6.08 Å². The highest BCUT2D eigenvalue weighted by atomic mass is 31.2. The second-order valence-corrected chi connectivity index (χ2v) is 21.6. The number of hydrogen-bond acceptors (Lipinski definition) is 7. The molecule has 73 heavy (non-hydrogen) atoms. The number of hydrogen-bond donors (Lipinski definition) is 1. The number of nitrogens with one attached hydrogen (secondary N) is 1. The number of allylic oxidation sites excluding steroid dienone is 19. The lowest BCUT2D eigenvalue weighted by molar-refractivity contribution is -0.870. The fourth-order valence-corrected chi connectivity index (χ4v) is 8.28. The first kappa shape index (κ1) is 69.4.